The summed E-state index contributed by atoms with van der Waals surface area (Å²) in [6.45, 7) is 4.52. The van der Waals surface area contributed by atoms with Crippen LogP contribution in [-0.4, -0.2) is 13.1 Å². The number of anilines is 1. The van der Waals surface area contributed by atoms with Gasteiger partial charge in [0, 0.05) is 29.3 Å². The minimum absolute atomic E-state index is 0.0892. The lowest BCUT2D eigenvalue weighted by Crippen LogP contribution is -2.20. The van der Waals surface area contributed by atoms with E-state index in [9.17, 15) is 0 Å². The van der Waals surface area contributed by atoms with Crippen molar-refractivity contribution in [3.05, 3.63) is 28.2 Å². The van der Waals surface area contributed by atoms with Gasteiger partial charge in [0.05, 0.1) is 0 Å². The summed E-state index contributed by atoms with van der Waals surface area (Å²) in [6, 6.07) is 6.72. The monoisotopic (exact) mass is 308 g/mol. The second-order valence-corrected chi connectivity index (χ2v) is 6.70. The molecule has 1 aromatic carbocycles. The second-order valence-electron chi connectivity index (χ2n) is 5.85. The molecule has 18 heavy (non-hydrogen) atoms. The quantitative estimate of drug-likeness (QED) is 0.902. The largest absolute Gasteiger partial charge is 0.371 e. The van der Waals surface area contributed by atoms with Crippen LogP contribution in [0.4, 0.5) is 5.69 Å². The Morgan fingerprint density at radius 2 is 1.94 bits per heavy atom. The normalized spacial score (nSPS) is 28.5. The highest BCUT2D eigenvalue weighted by molar-refractivity contribution is 9.10. The topological polar surface area (TPSA) is 29.3 Å². The average Bonchev–Trinajstić information content (AvgIpc) is 2.87. The van der Waals surface area contributed by atoms with Crippen LogP contribution in [0.1, 0.15) is 37.8 Å². The van der Waals surface area contributed by atoms with E-state index in [2.05, 4.69) is 39.0 Å². The first-order valence-corrected chi connectivity index (χ1v) is 7.74. The predicted octanol–water partition coefficient (Wildman–Crippen LogP) is 3.71. The van der Waals surface area contributed by atoms with Crippen LogP contribution in [-0.2, 0) is 0 Å². The molecule has 0 spiro atoms. The summed E-state index contributed by atoms with van der Waals surface area (Å²) in [7, 11) is 0. The van der Waals surface area contributed by atoms with Gasteiger partial charge >= 0.3 is 0 Å². The molecule has 3 heteroatoms. The van der Waals surface area contributed by atoms with Crippen molar-refractivity contribution in [3.63, 3.8) is 0 Å². The molecule has 2 aliphatic rings. The van der Waals surface area contributed by atoms with E-state index in [4.69, 9.17) is 5.73 Å². The predicted molar refractivity (Wildman–Crippen MR) is 79.8 cm³/mol. The molecule has 2 fully saturated rings. The minimum Gasteiger partial charge on any atom is -0.371 e. The first-order chi connectivity index (χ1) is 8.65. The van der Waals surface area contributed by atoms with Gasteiger partial charge in [0.2, 0.25) is 0 Å². The number of hydrogen-bond acceptors (Lipinski definition) is 2. The average molecular weight is 309 g/mol. The zero-order valence-corrected chi connectivity index (χ0v) is 12.5. The smallest absolute Gasteiger partial charge is 0.0377 e. The zero-order chi connectivity index (χ0) is 12.7. The Balaban J connectivity index is 1.79. The SMILES string of the molecule is C[C@@H](N)c1ccc(N2CC3CCCC3C2)cc1Br. The third-order valence-electron chi connectivity index (χ3n) is 4.57. The van der Waals surface area contributed by atoms with E-state index in [1.165, 1.54) is 43.6 Å². The number of benzene rings is 1. The molecular weight excluding hydrogens is 288 g/mol. The van der Waals surface area contributed by atoms with Crippen LogP contribution in [0.3, 0.4) is 0 Å². The van der Waals surface area contributed by atoms with E-state index < -0.39 is 0 Å². The van der Waals surface area contributed by atoms with Gasteiger partial charge in [-0.25, -0.2) is 0 Å². The van der Waals surface area contributed by atoms with Crippen molar-refractivity contribution in [1.29, 1.82) is 0 Å². The van der Waals surface area contributed by atoms with Crippen LogP contribution in [0.5, 0.6) is 0 Å². The van der Waals surface area contributed by atoms with Crippen LogP contribution >= 0.6 is 15.9 Å². The Bertz CT molecular complexity index is 432. The first kappa shape index (κ1) is 12.5. The second kappa shape index (κ2) is 4.86. The molecule has 1 aromatic rings. The van der Waals surface area contributed by atoms with E-state index in [1.807, 2.05) is 6.92 Å². The van der Waals surface area contributed by atoms with E-state index in [-0.39, 0.29) is 6.04 Å². The Hall–Kier alpha value is -0.540. The zero-order valence-electron chi connectivity index (χ0n) is 10.9. The van der Waals surface area contributed by atoms with Gasteiger partial charge in [0.25, 0.3) is 0 Å². The van der Waals surface area contributed by atoms with E-state index >= 15 is 0 Å². The Morgan fingerprint density at radius 3 is 2.50 bits per heavy atom. The summed E-state index contributed by atoms with van der Waals surface area (Å²) in [6.07, 6.45) is 4.30. The number of fused-ring (bicyclic) bond motifs is 1. The van der Waals surface area contributed by atoms with Gasteiger partial charge in [0.15, 0.2) is 0 Å². The number of nitrogens with zero attached hydrogens (tertiary/aromatic N) is 1. The van der Waals surface area contributed by atoms with Crippen molar-refractivity contribution < 1.29 is 0 Å². The lowest BCUT2D eigenvalue weighted by atomic mass is 10.0. The number of nitrogens with two attached hydrogens (primary N) is 1. The molecule has 1 saturated heterocycles. The van der Waals surface area contributed by atoms with Crippen molar-refractivity contribution in [1.82, 2.24) is 0 Å². The summed E-state index contributed by atoms with van der Waals surface area (Å²) in [5, 5.41) is 0. The molecule has 1 aliphatic heterocycles. The summed E-state index contributed by atoms with van der Waals surface area (Å²) in [4.78, 5) is 2.55. The van der Waals surface area contributed by atoms with Crippen molar-refractivity contribution in [2.24, 2.45) is 17.6 Å². The van der Waals surface area contributed by atoms with Crippen molar-refractivity contribution in [2.45, 2.75) is 32.2 Å². The van der Waals surface area contributed by atoms with Crippen LogP contribution in [0, 0.1) is 11.8 Å². The van der Waals surface area contributed by atoms with Crippen molar-refractivity contribution in [3.8, 4) is 0 Å². The van der Waals surface area contributed by atoms with E-state index in [0.717, 1.165) is 16.3 Å². The fourth-order valence-corrected chi connectivity index (χ4v) is 4.26. The molecule has 3 atom stereocenters. The lowest BCUT2D eigenvalue weighted by Gasteiger charge is -2.21. The maximum Gasteiger partial charge on any atom is 0.0377 e. The third kappa shape index (κ3) is 2.19. The van der Waals surface area contributed by atoms with Crippen LogP contribution in [0.25, 0.3) is 0 Å². The Kier molecular flexibility index (Phi) is 3.37. The standard InChI is InChI=1S/C15H21BrN2/c1-10(17)14-6-5-13(7-15(14)16)18-8-11-3-2-4-12(11)9-18/h5-7,10-12H,2-4,8-9,17H2,1H3/t10-,11?,12?/m1/s1. The summed E-state index contributed by atoms with van der Waals surface area (Å²) >= 11 is 3.65. The first-order valence-electron chi connectivity index (χ1n) is 6.95. The van der Waals surface area contributed by atoms with Gasteiger partial charge in [-0.2, -0.15) is 0 Å². The molecule has 2 nitrogen and oxygen atoms in total. The molecular formula is C15H21BrN2. The lowest BCUT2D eigenvalue weighted by molar-refractivity contribution is 0.494. The van der Waals surface area contributed by atoms with Crippen LogP contribution in [0.15, 0.2) is 22.7 Å². The van der Waals surface area contributed by atoms with E-state index in [1.54, 1.807) is 0 Å². The van der Waals surface area contributed by atoms with Gasteiger partial charge in [-0.1, -0.05) is 28.4 Å². The van der Waals surface area contributed by atoms with Gasteiger partial charge in [0.1, 0.15) is 0 Å². The highest BCUT2D eigenvalue weighted by Gasteiger charge is 2.36. The van der Waals surface area contributed by atoms with E-state index in [0.29, 0.717) is 0 Å². The van der Waals surface area contributed by atoms with Gasteiger partial charge in [-0.3, -0.25) is 0 Å². The molecule has 2 N–H and O–H groups in total. The summed E-state index contributed by atoms with van der Waals surface area (Å²) < 4.78 is 1.15. The number of halogens is 1. The molecule has 3 rings (SSSR count). The van der Waals surface area contributed by atoms with Gasteiger partial charge in [-0.15, -0.1) is 0 Å². The number of hydrogen-bond donors (Lipinski definition) is 1. The molecule has 0 radical (unpaired) electrons. The Morgan fingerprint density at radius 1 is 1.28 bits per heavy atom. The fourth-order valence-electron chi connectivity index (χ4n) is 3.53. The van der Waals surface area contributed by atoms with Crippen molar-refractivity contribution >= 4 is 21.6 Å². The molecule has 1 aliphatic carbocycles. The third-order valence-corrected chi connectivity index (χ3v) is 5.25. The molecule has 1 saturated carbocycles. The highest BCUT2D eigenvalue weighted by Crippen LogP contribution is 2.40. The molecule has 0 bridgehead atoms. The molecule has 0 aromatic heterocycles. The minimum atomic E-state index is 0.0892. The number of rotatable bonds is 2. The summed E-state index contributed by atoms with van der Waals surface area (Å²) in [5.41, 5.74) is 8.49. The maximum absolute atomic E-state index is 5.95. The highest BCUT2D eigenvalue weighted by atomic mass is 79.9. The van der Waals surface area contributed by atoms with Gasteiger partial charge in [-0.05, 0) is 49.3 Å². The van der Waals surface area contributed by atoms with Gasteiger partial charge < -0.3 is 10.6 Å². The van der Waals surface area contributed by atoms with Crippen molar-refractivity contribution in [2.75, 3.05) is 18.0 Å². The van der Waals surface area contributed by atoms with Crippen LogP contribution < -0.4 is 10.6 Å². The maximum atomic E-state index is 5.95. The molecule has 0 amide bonds. The fraction of sp³-hybridized carbons (Fsp3) is 0.600. The Labute approximate surface area is 118 Å². The molecule has 1 heterocycles. The molecule has 2 unspecified atom stereocenters. The van der Waals surface area contributed by atoms with Crippen LogP contribution in [0.2, 0.25) is 0 Å². The summed E-state index contributed by atoms with van der Waals surface area (Å²) in [5.74, 6) is 1.88. The molecule has 98 valence electrons.